The molecular formula is C24H14FeN4O8. The van der Waals surface area contributed by atoms with Gasteiger partial charge in [-0.05, 0) is 48.6 Å². The minimum Gasteiger partial charge on any atom is -0.478 e. The summed E-state index contributed by atoms with van der Waals surface area (Å²) in [4.78, 5) is 62.4. The van der Waals surface area contributed by atoms with Crippen LogP contribution >= 0.6 is 0 Å². The van der Waals surface area contributed by atoms with E-state index in [-0.39, 0.29) is 84.2 Å². The second kappa shape index (κ2) is 9.22. The third-order valence-electron chi connectivity index (χ3n) is 5.61. The smallest absolute Gasteiger partial charge is 0.340 e. The fourth-order valence-electron chi connectivity index (χ4n) is 4.11. The Bertz CT molecular complexity index is 1650. The van der Waals surface area contributed by atoms with E-state index in [0.29, 0.717) is 0 Å². The van der Waals surface area contributed by atoms with Crippen LogP contribution in [0.2, 0.25) is 0 Å². The van der Waals surface area contributed by atoms with E-state index >= 15 is 0 Å². The molecule has 3 aromatic rings. The van der Waals surface area contributed by atoms with Crippen LogP contribution < -0.4 is 0 Å². The molecule has 0 aliphatic carbocycles. The maximum absolute atomic E-state index is 12.1. The molecule has 0 unspecified atom stereocenters. The fraction of sp³-hybridized carbons (Fsp3) is 0. The van der Waals surface area contributed by atoms with Gasteiger partial charge in [0.1, 0.15) is 22.3 Å². The molecule has 5 heterocycles. The van der Waals surface area contributed by atoms with Gasteiger partial charge in [0.2, 0.25) is 0 Å². The Hall–Kier alpha value is -5.00. The third-order valence-corrected chi connectivity index (χ3v) is 5.61. The van der Waals surface area contributed by atoms with E-state index in [9.17, 15) is 39.6 Å². The van der Waals surface area contributed by atoms with Gasteiger partial charge in [-0.1, -0.05) is 0 Å². The van der Waals surface area contributed by atoms with Crippen molar-refractivity contribution in [3.05, 3.63) is 69.3 Å². The number of aromatic amines is 2. The number of carbonyl (C=O) groups is 4. The van der Waals surface area contributed by atoms with Crippen molar-refractivity contribution in [2.24, 2.45) is 0 Å². The molecule has 0 saturated carbocycles. The van der Waals surface area contributed by atoms with E-state index in [1.807, 2.05) is 0 Å². The zero-order valence-electron chi connectivity index (χ0n) is 18.3. The van der Waals surface area contributed by atoms with Crippen LogP contribution in [0.5, 0.6) is 0 Å². The molecule has 3 aromatic heterocycles. The minimum absolute atomic E-state index is 0. The summed E-state index contributed by atoms with van der Waals surface area (Å²) >= 11 is 0. The molecule has 186 valence electrons. The Kier molecular flexibility index (Phi) is 6.26. The molecule has 2 aliphatic rings. The van der Waals surface area contributed by atoms with Gasteiger partial charge in [0.05, 0.1) is 44.8 Å². The summed E-state index contributed by atoms with van der Waals surface area (Å²) in [6, 6.07) is 5.45. The number of carboxylic acid groups (broad SMARTS) is 4. The van der Waals surface area contributed by atoms with Crippen molar-refractivity contribution >= 4 is 70.2 Å². The summed E-state index contributed by atoms with van der Waals surface area (Å²) in [5, 5.41) is 39.5. The van der Waals surface area contributed by atoms with E-state index in [0.717, 1.165) is 0 Å². The van der Waals surface area contributed by atoms with Gasteiger partial charge in [-0.25, -0.2) is 29.1 Å². The zero-order valence-corrected chi connectivity index (χ0v) is 19.4. The van der Waals surface area contributed by atoms with Gasteiger partial charge in [-0.2, -0.15) is 0 Å². The molecular weight excluding hydrogens is 528 g/mol. The minimum atomic E-state index is -1.40. The Morgan fingerprint density at radius 2 is 0.757 bits per heavy atom. The van der Waals surface area contributed by atoms with E-state index in [4.69, 9.17) is 0 Å². The van der Waals surface area contributed by atoms with Gasteiger partial charge in [0.25, 0.3) is 0 Å². The number of nitrogens with one attached hydrogen (secondary N) is 2. The van der Waals surface area contributed by atoms with Crippen molar-refractivity contribution in [2.45, 2.75) is 0 Å². The van der Waals surface area contributed by atoms with E-state index < -0.39 is 23.9 Å². The Labute approximate surface area is 216 Å². The molecule has 0 saturated heterocycles. The number of aromatic nitrogens is 4. The Balaban J connectivity index is 0.00000320. The number of fused-ring (bicyclic) bond motifs is 8. The number of aromatic carboxylic acids is 4. The van der Waals surface area contributed by atoms with Crippen LogP contribution in [-0.4, -0.2) is 64.2 Å². The summed E-state index contributed by atoms with van der Waals surface area (Å²) in [6.45, 7) is 0. The van der Waals surface area contributed by atoms with Crippen molar-refractivity contribution in [3.63, 3.8) is 0 Å². The number of rotatable bonds is 4. The first-order valence-electron chi connectivity index (χ1n) is 10.2. The van der Waals surface area contributed by atoms with E-state index in [1.54, 1.807) is 0 Å². The zero-order chi connectivity index (χ0) is 25.7. The van der Waals surface area contributed by atoms with Gasteiger partial charge in [0.15, 0.2) is 0 Å². The molecule has 0 aromatic carbocycles. The summed E-state index contributed by atoms with van der Waals surface area (Å²) in [7, 11) is 0. The SMILES string of the molecule is O=C(O)c1c2nc(c(C(=O)O)c3ccc([nH]3)c(C(=O)O)c3ccc([nH]3)c(C(=O)O)c3nc1C=C3)C=C2.[Fe]. The van der Waals surface area contributed by atoms with Gasteiger partial charge < -0.3 is 30.4 Å². The van der Waals surface area contributed by atoms with Gasteiger partial charge in [-0.15, -0.1) is 0 Å². The van der Waals surface area contributed by atoms with Crippen molar-refractivity contribution in [1.82, 2.24) is 19.9 Å². The molecule has 8 bridgehead atoms. The van der Waals surface area contributed by atoms with Crippen molar-refractivity contribution in [1.29, 1.82) is 0 Å². The fourth-order valence-corrected chi connectivity index (χ4v) is 4.11. The van der Waals surface area contributed by atoms with Crippen LogP contribution in [-0.2, 0) is 17.1 Å². The second-order valence-electron chi connectivity index (χ2n) is 7.72. The van der Waals surface area contributed by atoms with Gasteiger partial charge in [0, 0.05) is 17.1 Å². The second-order valence-corrected chi connectivity index (χ2v) is 7.72. The number of hydrogen-bond acceptors (Lipinski definition) is 6. The first-order valence-corrected chi connectivity index (χ1v) is 10.2. The molecule has 5 rings (SSSR count). The van der Waals surface area contributed by atoms with Crippen LogP contribution in [0.4, 0.5) is 0 Å². The van der Waals surface area contributed by atoms with Crippen molar-refractivity contribution in [2.75, 3.05) is 0 Å². The number of carboxylic acids is 4. The predicted molar refractivity (Wildman–Crippen MR) is 127 cm³/mol. The molecule has 0 atom stereocenters. The van der Waals surface area contributed by atoms with Crippen molar-refractivity contribution in [3.8, 4) is 0 Å². The van der Waals surface area contributed by atoms with Gasteiger partial charge >= 0.3 is 23.9 Å². The largest absolute Gasteiger partial charge is 0.478 e. The predicted octanol–water partition coefficient (Wildman–Crippen LogP) is 3.45. The standard InChI is InChI=1S/C24H14N4O8.Fe/c29-21(30)17-9-1-2-10(25-9)18(22(31)32)12-5-6-14(27-12)20(24(35)36)16-8-7-15(28-16)19(23(33)34)13-4-3-11(17)26-13;/h1-8,25-26H,(H,29,30)(H,31,32)(H,33,34)(H,35,36);. The van der Waals surface area contributed by atoms with Gasteiger partial charge in [-0.3, -0.25) is 0 Å². The summed E-state index contributed by atoms with van der Waals surface area (Å²) in [6.07, 6.45) is 5.26. The maximum Gasteiger partial charge on any atom is 0.340 e. The Morgan fingerprint density at radius 1 is 0.486 bits per heavy atom. The van der Waals surface area contributed by atoms with Crippen LogP contribution in [0.15, 0.2) is 24.3 Å². The molecule has 13 heteroatoms. The van der Waals surface area contributed by atoms with Crippen LogP contribution in [0.1, 0.15) is 64.2 Å². The van der Waals surface area contributed by atoms with Crippen molar-refractivity contribution < 1.29 is 56.7 Å². The molecule has 37 heavy (non-hydrogen) atoms. The monoisotopic (exact) mass is 542 g/mol. The normalized spacial score (nSPS) is 11.7. The number of H-pyrrole nitrogens is 2. The van der Waals surface area contributed by atoms with E-state index in [1.165, 1.54) is 48.6 Å². The first-order chi connectivity index (χ1) is 17.2. The number of hydrogen-bond donors (Lipinski definition) is 6. The molecule has 0 fully saturated rings. The maximum atomic E-state index is 12.1. The summed E-state index contributed by atoms with van der Waals surface area (Å²) in [5.41, 5.74) is -1.38. The third kappa shape index (κ3) is 4.18. The summed E-state index contributed by atoms with van der Waals surface area (Å²) in [5.74, 6) is -5.50. The average molecular weight is 542 g/mol. The summed E-state index contributed by atoms with van der Waals surface area (Å²) < 4.78 is 0. The topological polar surface area (TPSA) is 207 Å². The average Bonchev–Trinajstić information content (AvgIpc) is 3.57. The molecule has 2 aliphatic heterocycles. The molecule has 12 nitrogen and oxygen atoms in total. The molecule has 6 N–H and O–H groups in total. The molecule has 0 radical (unpaired) electrons. The van der Waals surface area contributed by atoms with Crippen LogP contribution in [0.25, 0.3) is 46.4 Å². The van der Waals surface area contributed by atoms with E-state index in [2.05, 4.69) is 19.9 Å². The number of nitrogens with zero attached hydrogens (tertiary/aromatic N) is 2. The molecule has 0 spiro atoms. The molecule has 0 amide bonds. The first kappa shape index (κ1) is 25.1. The van der Waals surface area contributed by atoms with Crippen LogP contribution in [0.3, 0.4) is 0 Å². The Morgan fingerprint density at radius 3 is 1.05 bits per heavy atom. The quantitative estimate of drug-likeness (QED) is 0.182. The van der Waals surface area contributed by atoms with Crippen LogP contribution in [0, 0.1) is 0 Å².